The minimum Gasteiger partial charge on any atom is -0.495 e. The van der Waals surface area contributed by atoms with E-state index in [0.29, 0.717) is 50.1 Å². The summed E-state index contributed by atoms with van der Waals surface area (Å²) in [5, 5.41) is 8.32. The number of likely N-dealkylation sites (N-methyl/N-ethyl adjacent to an activating group) is 1. The van der Waals surface area contributed by atoms with E-state index in [0.717, 1.165) is 23.6 Å². The van der Waals surface area contributed by atoms with E-state index in [1.54, 1.807) is 19.1 Å². The summed E-state index contributed by atoms with van der Waals surface area (Å²) in [6.45, 7) is 6.29. The van der Waals surface area contributed by atoms with Crippen molar-refractivity contribution in [2.45, 2.75) is 34.1 Å². The number of ether oxygens (including phenoxy) is 1. The molecule has 0 aliphatic carbocycles. The lowest BCUT2D eigenvalue weighted by atomic mass is 10.1. The summed E-state index contributed by atoms with van der Waals surface area (Å²) < 4.78 is 30.8. The maximum atomic E-state index is 13.4. The molecule has 39 heavy (non-hydrogen) atoms. The number of hydrogen-bond acceptors (Lipinski definition) is 7. The molecule has 2 amide bonds. The molecule has 1 N–H and O–H groups in total. The highest BCUT2D eigenvalue weighted by Gasteiger charge is 2.29. The number of carbonyl (C=O) groups is 2. The molecular formula is C28H45N5O5S. The SMILES string of the molecule is C.COc1cc2ccccc2cc1N(CC(=O)NCCCC(C)C)CC(=O)N(C)N1CCN(S(C)(=O)=O)CC1. The van der Waals surface area contributed by atoms with Gasteiger partial charge >= 0.3 is 0 Å². The van der Waals surface area contributed by atoms with Gasteiger partial charge in [0.25, 0.3) is 5.91 Å². The van der Waals surface area contributed by atoms with Gasteiger partial charge in [0.15, 0.2) is 0 Å². The van der Waals surface area contributed by atoms with E-state index >= 15 is 0 Å². The molecule has 1 saturated heterocycles. The van der Waals surface area contributed by atoms with Crippen molar-refractivity contribution in [2.24, 2.45) is 5.92 Å². The Morgan fingerprint density at radius 2 is 1.67 bits per heavy atom. The van der Waals surface area contributed by atoms with Crippen LogP contribution >= 0.6 is 0 Å². The van der Waals surface area contributed by atoms with Crippen LogP contribution in [0.1, 0.15) is 34.1 Å². The third-order valence-electron chi connectivity index (χ3n) is 6.80. The van der Waals surface area contributed by atoms with Gasteiger partial charge in [-0.1, -0.05) is 45.5 Å². The van der Waals surface area contributed by atoms with Gasteiger partial charge in [0.1, 0.15) is 5.75 Å². The molecule has 11 heteroatoms. The van der Waals surface area contributed by atoms with Crippen LogP contribution in [0.15, 0.2) is 36.4 Å². The van der Waals surface area contributed by atoms with Crippen molar-refractivity contribution in [3.05, 3.63) is 36.4 Å². The van der Waals surface area contributed by atoms with Crippen LogP contribution in [0, 0.1) is 5.92 Å². The number of sulfonamides is 1. The lowest BCUT2D eigenvalue weighted by Crippen LogP contribution is -2.56. The average molecular weight is 564 g/mol. The highest BCUT2D eigenvalue weighted by molar-refractivity contribution is 7.88. The molecule has 2 aromatic carbocycles. The van der Waals surface area contributed by atoms with Gasteiger partial charge in [0.2, 0.25) is 15.9 Å². The first-order valence-corrected chi connectivity index (χ1v) is 14.9. The normalized spacial score (nSPS) is 14.6. The number of piperazine rings is 1. The lowest BCUT2D eigenvalue weighted by Gasteiger charge is -2.39. The van der Waals surface area contributed by atoms with Crippen LogP contribution in [-0.4, -0.2) is 101 Å². The van der Waals surface area contributed by atoms with E-state index in [4.69, 9.17) is 4.74 Å². The standard InChI is InChI=1S/C27H41N5O5S.CH4/c1-21(2)9-8-12-28-26(33)19-30(24-17-22-10-6-7-11-23(22)18-25(24)37-4)20-27(34)29(3)31-13-15-32(16-14-31)38(5,35)36;/h6-7,10-11,17-18,21H,8-9,12-16,19-20H2,1-5H3,(H,28,33);1H4. The predicted molar refractivity (Wildman–Crippen MR) is 157 cm³/mol. The number of amides is 2. The molecular weight excluding hydrogens is 518 g/mol. The Hall–Kier alpha value is -2.89. The van der Waals surface area contributed by atoms with Crippen LogP contribution in [0.3, 0.4) is 0 Å². The molecule has 0 bridgehead atoms. The smallest absolute Gasteiger partial charge is 0.256 e. The molecule has 0 radical (unpaired) electrons. The van der Waals surface area contributed by atoms with E-state index < -0.39 is 10.0 Å². The Labute approximate surface area is 233 Å². The third-order valence-corrected chi connectivity index (χ3v) is 8.10. The number of anilines is 1. The van der Waals surface area contributed by atoms with Crippen molar-refractivity contribution < 1.29 is 22.7 Å². The molecule has 0 aromatic heterocycles. The molecule has 0 atom stereocenters. The maximum absolute atomic E-state index is 13.4. The lowest BCUT2D eigenvalue weighted by molar-refractivity contribution is -0.146. The molecule has 10 nitrogen and oxygen atoms in total. The summed E-state index contributed by atoms with van der Waals surface area (Å²) in [7, 11) is -0.0103. The minimum atomic E-state index is -3.27. The van der Waals surface area contributed by atoms with Gasteiger partial charge in [-0.15, -0.1) is 0 Å². The molecule has 0 saturated carbocycles. The fourth-order valence-electron chi connectivity index (χ4n) is 4.54. The Kier molecular flexibility index (Phi) is 12.0. The number of nitrogens with one attached hydrogen (secondary N) is 1. The Morgan fingerprint density at radius 3 is 2.23 bits per heavy atom. The Bertz CT molecular complexity index is 1210. The van der Waals surface area contributed by atoms with Gasteiger partial charge < -0.3 is 15.0 Å². The van der Waals surface area contributed by atoms with Crippen LogP contribution in [0.25, 0.3) is 10.8 Å². The van der Waals surface area contributed by atoms with E-state index in [-0.39, 0.29) is 32.3 Å². The first-order valence-electron chi connectivity index (χ1n) is 13.0. The fraction of sp³-hybridized carbons (Fsp3) is 0.571. The molecule has 0 unspecified atom stereocenters. The highest BCUT2D eigenvalue weighted by Crippen LogP contribution is 2.33. The zero-order valence-corrected chi connectivity index (χ0v) is 24.0. The Morgan fingerprint density at radius 1 is 1.05 bits per heavy atom. The van der Waals surface area contributed by atoms with Gasteiger partial charge in [0, 0.05) is 39.8 Å². The maximum Gasteiger partial charge on any atom is 0.256 e. The average Bonchev–Trinajstić information content (AvgIpc) is 2.89. The van der Waals surface area contributed by atoms with Gasteiger partial charge in [0.05, 0.1) is 32.1 Å². The van der Waals surface area contributed by atoms with Gasteiger partial charge in [-0.3, -0.25) is 14.6 Å². The van der Waals surface area contributed by atoms with Crippen molar-refractivity contribution in [2.75, 3.05) is 71.1 Å². The van der Waals surface area contributed by atoms with E-state index in [9.17, 15) is 18.0 Å². The second-order valence-electron chi connectivity index (χ2n) is 10.1. The van der Waals surface area contributed by atoms with Crippen molar-refractivity contribution in [1.29, 1.82) is 0 Å². The number of benzene rings is 2. The minimum absolute atomic E-state index is 0. The quantitative estimate of drug-likeness (QED) is 0.396. The highest BCUT2D eigenvalue weighted by atomic mass is 32.2. The van der Waals surface area contributed by atoms with Crippen LogP contribution in [0.2, 0.25) is 0 Å². The number of methoxy groups -OCH3 is 1. The second-order valence-corrected chi connectivity index (χ2v) is 12.1. The number of nitrogens with zero attached hydrogens (tertiary/aromatic N) is 4. The predicted octanol–water partition coefficient (Wildman–Crippen LogP) is 2.79. The van der Waals surface area contributed by atoms with Gasteiger partial charge in [-0.2, -0.15) is 4.31 Å². The first-order chi connectivity index (χ1) is 18.0. The summed E-state index contributed by atoms with van der Waals surface area (Å²) >= 11 is 0. The van der Waals surface area contributed by atoms with E-state index in [1.807, 2.05) is 41.4 Å². The molecule has 1 aliphatic rings. The molecule has 0 spiro atoms. The second kappa shape index (κ2) is 14.5. The summed E-state index contributed by atoms with van der Waals surface area (Å²) in [6.07, 6.45) is 3.11. The molecule has 1 heterocycles. The summed E-state index contributed by atoms with van der Waals surface area (Å²) in [5.41, 5.74) is 0.659. The van der Waals surface area contributed by atoms with Crippen molar-refractivity contribution in [3.63, 3.8) is 0 Å². The fourth-order valence-corrected chi connectivity index (χ4v) is 5.37. The monoisotopic (exact) mass is 563 g/mol. The van der Waals surface area contributed by atoms with E-state index in [1.165, 1.54) is 15.6 Å². The Balaban J connectivity index is 0.00000533. The van der Waals surface area contributed by atoms with Crippen LogP contribution < -0.4 is 15.0 Å². The number of hydrogen-bond donors (Lipinski definition) is 1. The summed E-state index contributed by atoms with van der Waals surface area (Å²) in [4.78, 5) is 28.1. The number of rotatable bonds is 12. The van der Waals surface area contributed by atoms with Crippen molar-refractivity contribution in [1.82, 2.24) is 19.6 Å². The zero-order valence-electron chi connectivity index (χ0n) is 23.1. The van der Waals surface area contributed by atoms with Crippen LogP contribution in [0.5, 0.6) is 5.75 Å². The van der Waals surface area contributed by atoms with Gasteiger partial charge in [-0.25, -0.2) is 13.4 Å². The zero-order chi connectivity index (χ0) is 27.9. The number of hydrazine groups is 1. The van der Waals surface area contributed by atoms with Gasteiger partial charge in [-0.05, 0) is 41.7 Å². The molecule has 2 aromatic rings. The summed E-state index contributed by atoms with van der Waals surface area (Å²) in [6, 6.07) is 11.7. The van der Waals surface area contributed by atoms with Crippen LogP contribution in [0.4, 0.5) is 5.69 Å². The van der Waals surface area contributed by atoms with Crippen molar-refractivity contribution in [3.8, 4) is 5.75 Å². The largest absolute Gasteiger partial charge is 0.495 e. The molecule has 3 rings (SSSR count). The molecule has 218 valence electrons. The molecule has 1 aliphatic heterocycles. The third kappa shape index (κ3) is 9.08. The molecule has 1 fully saturated rings. The topological polar surface area (TPSA) is 102 Å². The number of carbonyl (C=O) groups excluding carboxylic acids is 2. The van der Waals surface area contributed by atoms with Crippen molar-refractivity contribution >= 4 is 38.3 Å². The first kappa shape index (κ1) is 32.3. The number of fused-ring (bicyclic) bond motifs is 1. The van der Waals surface area contributed by atoms with Crippen LogP contribution in [-0.2, 0) is 19.6 Å². The van der Waals surface area contributed by atoms with E-state index in [2.05, 4.69) is 19.2 Å². The summed E-state index contributed by atoms with van der Waals surface area (Å²) in [5.74, 6) is 0.771.